The van der Waals surface area contributed by atoms with Gasteiger partial charge in [-0.15, -0.1) is 0 Å². The molecule has 15 heteroatoms. The molecule has 0 bridgehead atoms. The normalized spacial score (nSPS) is 42.1. The molecule has 0 aromatic heterocycles. The molecule has 10 atom stereocenters. The van der Waals surface area contributed by atoms with Gasteiger partial charge in [-0.3, -0.25) is 4.55 Å². The highest BCUT2D eigenvalue weighted by molar-refractivity contribution is 7.80. The number of aliphatic hydroxyl groups is 6. The second-order valence-corrected chi connectivity index (χ2v) is 8.78. The monoisotopic (exact) mass is 478 g/mol. The van der Waals surface area contributed by atoms with Crippen molar-refractivity contribution >= 4 is 10.4 Å². The minimum Gasteiger partial charge on any atom is -0.394 e. The molecule has 0 aromatic carbocycles. The summed E-state index contributed by atoms with van der Waals surface area (Å²) in [4.78, 5) is 0. The van der Waals surface area contributed by atoms with Crippen LogP contribution >= 0.6 is 0 Å². The second kappa shape index (κ2) is 11.1. The van der Waals surface area contributed by atoms with Crippen molar-refractivity contribution in [2.75, 3.05) is 19.8 Å². The van der Waals surface area contributed by atoms with Crippen molar-refractivity contribution in [3.8, 4) is 0 Å². The van der Waals surface area contributed by atoms with Gasteiger partial charge in [0.15, 0.2) is 12.6 Å². The number of rotatable bonds is 9. The Morgan fingerprint density at radius 3 is 1.94 bits per heavy atom. The van der Waals surface area contributed by atoms with E-state index < -0.39 is 85.0 Å². The van der Waals surface area contributed by atoms with Crippen LogP contribution in [-0.4, -0.2) is 125 Å². The van der Waals surface area contributed by atoms with Crippen molar-refractivity contribution in [2.24, 2.45) is 5.92 Å². The molecule has 0 aliphatic carbocycles. The van der Waals surface area contributed by atoms with Crippen molar-refractivity contribution in [1.29, 1.82) is 0 Å². The molecule has 0 radical (unpaired) electrons. The van der Waals surface area contributed by atoms with E-state index in [-0.39, 0.29) is 12.5 Å². The highest BCUT2D eigenvalue weighted by atomic mass is 32.3. The lowest BCUT2D eigenvalue weighted by Gasteiger charge is -2.46. The third-order valence-corrected chi connectivity index (χ3v) is 5.23. The van der Waals surface area contributed by atoms with Crippen LogP contribution in [0.1, 0.15) is 13.8 Å². The molecule has 2 rings (SSSR count). The molecule has 14 nitrogen and oxygen atoms in total. The van der Waals surface area contributed by atoms with E-state index in [2.05, 4.69) is 4.18 Å². The Balaban J connectivity index is 2.18. The van der Waals surface area contributed by atoms with Crippen molar-refractivity contribution in [2.45, 2.75) is 75.3 Å². The van der Waals surface area contributed by atoms with Gasteiger partial charge in [-0.05, 0) is 5.92 Å². The Labute approximate surface area is 178 Å². The molecule has 0 amide bonds. The van der Waals surface area contributed by atoms with Crippen molar-refractivity contribution in [3.05, 3.63) is 0 Å². The van der Waals surface area contributed by atoms with E-state index in [0.29, 0.717) is 0 Å². The van der Waals surface area contributed by atoms with Crippen LogP contribution in [0.15, 0.2) is 0 Å². The largest absolute Gasteiger partial charge is 0.397 e. The van der Waals surface area contributed by atoms with Gasteiger partial charge in [0.1, 0.15) is 48.8 Å². The smallest absolute Gasteiger partial charge is 0.394 e. The Hall–Kier alpha value is -0.530. The predicted octanol–water partition coefficient (Wildman–Crippen LogP) is -3.89. The lowest BCUT2D eigenvalue weighted by molar-refractivity contribution is -0.358. The maximum Gasteiger partial charge on any atom is 0.397 e. The number of hydrogen-bond acceptors (Lipinski definition) is 13. The third kappa shape index (κ3) is 6.73. The van der Waals surface area contributed by atoms with Crippen LogP contribution in [-0.2, 0) is 33.5 Å². The molecular formula is C16H30O14S. The van der Waals surface area contributed by atoms with E-state index >= 15 is 0 Å². The van der Waals surface area contributed by atoms with Crippen molar-refractivity contribution in [1.82, 2.24) is 0 Å². The van der Waals surface area contributed by atoms with E-state index in [4.69, 9.17) is 23.5 Å². The molecular weight excluding hydrogens is 448 g/mol. The summed E-state index contributed by atoms with van der Waals surface area (Å²) in [6.07, 6.45) is -16.6. The molecule has 2 heterocycles. The highest BCUT2D eigenvalue weighted by Crippen LogP contribution is 2.31. The number of hydrogen-bond donors (Lipinski definition) is 7. The van der Waals surface area contributed by atoms with Crippen LogP contribution < -0.4 is 0 Å². The summed E-state index contributed by atoms with van der Waals surface area (Å²) in [5.74, 6) is 0.0851. The fourth-order valence-corrected chi connectivity index (χ4v) is 3.73. The van der Waals surface area contributed by atoms with Gasteiger partial charge in [-0.25, -0.2) is 4.18 Å². The summed E-state index contributed by atoms with van der Waals surface area (Å²) in [5.41, 5.74) is 0. The van der Waals surface area contributed by atoms with E-state index in [0.717, 1.165) is 0 Å². The summed E-state index contributed by atoms with van der Waals surface area (Å²) in [6, 6.07) is 0. The Morgan fingerprint density at radius 1 is 0.839 bits per heavy atom. The van der Waals surface area contributed by atoms with Crippen LogP contribution in [0.4, 0.5) is 0 Å². The molecule has 2 aliphatic rings. The van der Waals surface area contributed by atoms with Gasteiger partial charge in [-0.2, -0.15) is 8.42 Å². The zero-order chi connectivity index (χ0) is 23.5. The first-order valence-corrected chi connectivity index (χ1v) is 10.9. The lowest BCUT2D eigenvalue weighted by Crippen LogP contribution is -2.65. The molecule has 2 aliphatic heterocycles. The Bertz CT molecular complexity index is 657. The molecule has 2 saturated heterocycles. The second-order valence-electron chi connectivity index (χ2n) is 7.73. The van der Waals surface area contributed by atoms with Crippen molar-refractivity contribution < 1.29 is 66.7 Å². The summed E-state index contributed by atoms with van der Waals surface area (Å²) < 4.78 is 56.7. The average Bonchev–Trinajstić information content (AvgIpc) is 2.69. The van der Waals surface area contributed by atoms with E-state index in [1.54, 1.807) is 0 Å². The summed E-state index contributed by atoms with van der Waals surface area (Å²) in [5, 5.41) is 60.1. The first kappa shape index (κ1) is 26.7. The maximum atomic E-state index is 11.0. The van der Waals surface area contributed by atoms with E-state index in [1.165, 1.54) is 0 Å². The topological polar surface area (TPSA) is 222 Å². The highest BCUT2D eigenvalue weighted by Gasteiger charge is 2.52. The SMILES string of the molecule is CC(C)CO[C@@H]1O[C@H](CO)[C@@H](O[C@@H]2O[C@H](CO)[C@@H](O)[C@H](OS(=O)(=O)O)[C@H]2O)[C@H](O)[C@H]1O. The van der Waals surface area contributed by atoms with Crippen LogP contribution in [0.5, 0.6) is 0 Å². The average molecular weight is 478 g/mol. The molecule has 0 unspecified atom stereocenters. The first-order chi connectivity index (χ1) is 14.4. The van der Waals surface area contributed by atoms with Gasteiger partial charge in [0.05, 0.1) is 19.8 Å². The summed E-state index contributed by atoms with van der Waals surface area (Å²) in [6.45, 7) is 2.34. The maximum absolute atomic E-state index is 11.0. The van der Waals surface area contributed by atoms with E-state index in [9.17, 15) is 39.1 Å². The van der Waals surface area contributed by atoms with Gasteiger partial charge < -0.3 is 49.6 Å². The lowest BCUT2D eigenvalue weighted by atomic mass is 9.97. The fourth-order valence-electron chi connectivity index (χ4n) is 3.22. The predicted molar refractivity (Wildman–Crippen MR) is 97.6 cm³/mol. The van der Waals surface area contributed by atoms with Gasteiger partial charge in [0.2, 0.25) is 0 Å². The molecule has 31 heavy (non-hydrogen) atoms. The van der Waals surface area contributed by atoms with Crippen LogP contribution in [0.3, 0.4) is 0 Å². The molecule has 2 fully saturated rings. The zero-order valence-corrected chi connectivity index (χ0v) is 17.7. The van der Waals surface area contributed by atoms with Gasteiger partial charge in [-0.1, -0.05) is 13.8 Å². The third-order valence-electron chi connectivity index (χ3n) is 4.76. The van der Waals surface area contributed by atoms with Crippen LogP contribution in [0.2, 0.25) is 0 Å². The summed E-state index contributed by atoms with van der Waals surface area (Å²) in [7, 11) is -5.12. The number of aliphatic hydroxyl groups excluding tert-OH is 6. The first-order valence-electron chi connectivity index (χ1n) is 9.57. The van der Waals surface area contributed by atoms with Gasteiger partial charge in [0.25, 0.3) is 0 Å². The molecule has 0 saturated carbocycles. The standard InChI is InChI=1S/C16H30O14S/c1-6(2)5-26-15-11(21)10(20)13(8(4-18)28-15)29-16-12(22)14(30-31(23,24)25)9(19)7(3-17)27-16/h6-22H,3-5H2,1-2H3,(H,23,24,25)/t7-,8-,9-,10-,11-,12-,13-,14+,15-,16+/m1/s1. The van der Waals surface area contributed by atoms with Crippen LogP contribution in [0, 0.1) is 5.92 Å². The minimum atomic E-state index is -5.12. The molecule has 7 N–H and O–H groups in total. The zero-order valence-electron chi connectivity index (χ0n) is 16.9. The number of ether oxygens (including phenoxy) is 4. The van der Waals surface area contributed by atoms with Crippen LogP contribution in [0.25, 0.3) is 0 Å². The molecule has 184 valence electrons. The quantitative estimate of drug-likeness (QED) is 0.157. The van der Waals surface area contributed by atoms with E-state index in [1.807, 2.05) is 13.8 Å². The molecule has 0 aromatic rings. The Kier molecular flexibility index (Phi) is 9.53. The van der Waals surface area contributed by atoms with Gasteiger partial charge >= 0.3 is 10.4 Å². The van der Waals surface area contributed by atoms with Crippen molar-refractivity contribution in [3.63, 3.8) is 0 Å². The summed E-state index contributed by atoms with van der Waals surface area (Å²) >= 11 is 0. The fraction of sp³-hybridized carbons (Fsp3) is 1.00. The Morgan fingerprint density at radius 2 is 1.42 bits per heavy atom. The molecule has 0 spiro atoms. The minimum absolute atomic E-state index is 0.0851. The van der Waals surface area contributed by atoms with Gasteiger partial charge in [0, 0.05) is 0 Å².